The van der Waals surface area contributed by atoms with Crippen molar-refractivity contribution >= 4 is 135 Å². The molecule has 3 aromatic rings. The van der Waals surface area contributed by atoms with Crippen LogP contribution in [0.2, 0.25) is 0 Å². The summed E-state index contributed by atoms with van der Waals surface area (Å²) in [5, 5.41) is 54.5. The van der Waals surface area contributed by atoms with Crippen molar-refractivity contribution in [2.45, 2.75) is 218 Å². The Labute approximate surface area is 677 Å². The Hall–Kier alpha value is -12.3. The van der Waals surface area contributed by atoms with Gasteiger partial charge in [-0.05, 0) is 113 Å². The third kappa shape index (κ3) is 29.8. The Balaban J connectivity index is 0.00000473. The lowest BCUT2D eigenvalue weighted by molar-refractivity contribution is -0.193. The second-order valence-electron chi connectivity index (χ2n) is 29.9. The third-order valence-corrected chi connectivity index (χ3v) is 21.2. The Morgan fingerprint density at radius 3 is 1.82 bits per heavy atom. The van der Waals surface area contributed by atoms with Gasteiger partial charge in [0, 0.05) is 83.6 Å². The summed E-state index contributed by atoms with van der Waals surface area (Å²) in [7, 11) is 0. The maximum atomic E-state index is 14.8. The number of aliphatic hydroxyl groups is 1. The number of amides is 11. The van der Waals surface area contributed by atoms with E-state index in [1.54, 1.807) is 18.3 Å². The van der Waals surface area contributed by atoms with Crippen LogP contribution in [0.15, 0.2) is 54.7 Å². The molecule has 0 radical (unpaired) electrons. The average molecular weight is 1660 g/mol. The number of aromatic amines is 1. The van der Waals surface area contributed by atoms with E-state index in [1.165, 1.54) is 45.9 Å². The molecule has 20 N–H and O–H groups in total. The van der Waals surface area contributed by atoms with Gasteiger partial charge in [0.05, 0.1) is 44.6 Å². The summed E-state index contributed by atoms with van der Waals surface area (Å²) in [6.07, 6.45) is 3.19. The highest BCUT2D eigenvalue weighted by atomic mass is 16.5. The number of primary amides is 1. The lowest BCUT2D eigenvalue weighted by Crippen LogP contribution is -2.58. The van der Waals surface area contributed by atoms with Gasteiger partial charge in [-0.1, -0.05) is 77.3 Å². The summed E-state index contributed by atoms with van der Waals surface area (Å²) >= 11 is 0. The highest BCUT2D eigenvalue weighted by Gasteiger charge is 2.53. The zero-order valence-electron chi connectivity index (χ0n) is 66.4. The molecule has 0 unspecified atom stereocenters. The fraction of sp³-hybridized carbons (Fsp3) is 0.564. The number of ketones is 4. The Morgan fingerprint density at radius 2 is 1.24 bits per heavy atom. The van der Waals surface area contributed by atoms with Crippen molar-refractivity contribution in [1.82, 2.24) is 58.2 Å². The van der Waals surface area contributed by atoms with E-state index in [-0.39, 0.29) is 55.1 Å². The number of rotatable bonds is 28. The van der Waals surface area contributed by atoms with Crippen LogP contribution in [-0.4, -0.2) is 219 Å². The zero-order chi connectivity index (χ0) is 88.3. The van der Waals surface area contributed by atoms with Crippen molar-refractivity contribution < 1.29 is 126 Å². The first kappa shape index (κ1) is 98.1. The quantitative estimate of drug-likeness (QED) is 0.0122. The molecule has 4 aliphatic rings. The van der Waals surface area contributed by atoms with Gasteiger partial charge >= 0.3 is 30.2 Å². The number of para-hydroxylation sites is 2. The monoisotopic (exact) mass is 1650 g/mol. The van der Waals surface area contributed by atoms with Crippen LogP contribution in [-0.2, 0) is 112 Å². The molecule has 2 aromatic carbocycles. The summed E-state index contributed by atoms with van der Waals surface area (Å²) in [4.78, 5) is 286. The molecule has 2 bridgehead atoms. The number of carboxylic acids is 2. The van der Waals surface area contributed by atoms with Gasteiger partial charge in [-0.15, -0.1) is 0 Å². The van der Waals surface area contributed by atoms with Crippen molar-refractivity contribution in [3.05, 3.63) is 65.9 Å². The molecule has 644 valence electrons. The summed E-state index contributed by atoms with van der Waals surface area (Å²) < 4.78 is 5.74. The minimum atomic E-state index is -2.53. The predicted octanol–water partition coefficient (Wildman–Crippen LogP) is -2.04. The van der Waals surface area contributed by atoms with Gasteiger partial charge in [0.2, 0.25) is 65.0 Å². The van der Waals surface area contributed by atoms with Crippen LogP contribution in [0.4, 0.5) is 5.69 Å². The highest BCUT2D eigenvalue weighted by molar-refractivity contribution is 6.16. The number of aliphatic carboxylic acids is 2. The number of nitrogens with one attached hydrogen (secondary N) is 11. The molecule has 1 saturated heterocycles. The number of cyclic esters (lactones) is 1. The molecule has 40 heteroatoms. The number of carbonyl (C=O) groups is 18. The fourth-order valence-corrected chi connectivity index (χ4v) is 14.3. The summed E-state index contributed by atoms with van der Waals surface area (Å²) in [6, 6.07) is -2.24. The van der Waals surface area contributed by atoms with E-state index < -0.39 is 247 Å². The molecule has 118 heavy (non-hydrogen) atoms. The van der Waals surface area contributed by atoms with Crippen molar-refractivity contribution in [3.8, 4) is 0 Å². The van der Waals surface area contributed by atoms with Crippen LogP contribution in [0.25, 0.3) is 10.9 Å². The number of fused-ring (bicyclic) bond motifs is 4. The second-order valence-corrected chi connectivity index (χ2v) is 29.9. The van der Waals surface area contributed by atoms with Crippen LogP contribution >= 0.6 is 0 Å². The number of carboxylic acid groups (broad SMARTS) is 2. The number of nitrogen functional groups attached to an aromatic ring is 1. The number of aromatic nitrogens is 1. The summed E-state index contributed by atoms with van der Waals surface area (Å²) in [6.45, 7) is 4.73. The fourth-order valence-electron chi connectivity index (χ4n) is 14.3. The van der Waals surface area contributed by atoms with E-state index in [0.29, 0.717) is 24.8 Å². The number of Topliss-reactive ketones (excluding diaryl/α,β-unsaturated/α-hetero) is 4. The first-order valence-electron chi connectivity index (χ1n) is 38.5. The largest absolute Gasteiger partial charge is 0.481 e. The zero-order valence-corrected chi connectivity index (χ0v) is 66.4. The maximum absolute atomic E-state index is 14.8. The van der Waals surface area contributed by atoms with Gasteiger partial charge < -0.3 is 95.4 Å². The number of hydrogen-bond donors (Lipinski definition) is 17. The molecule has 3 saturated carbocycles. The van der Waals surface area contributed by atoms with E-state index in [0.717, 1.165) is 68.8 Å². The maximum Gasteiger partial charge on any atom is 0.373 e. The van der Waals surface area contributed by atoms with Crippen molar-refractivity contribution in [1.29, 1.82) is 0 Å². The smallest absolute Gasteiger partial charge is 0.373 e. The molecule has 0 spiro atoms. The number of ether oxygens (including phenoxy) is 1. The number of hydrogen-bond acceptors (Lipinski definition) is 26. The average Bonchev–Trinajstić information content (AvgIpc) is 0.763. The minimum absolute atomic E-state index is 0.0122. The molecule has 13 atom stereocenters. The van der Waals surface area contributed by atoms with Crippen molar-refractivity contribution in [2.24, 2.45) is 46.0 Å². The van der Waals surface area contributed by atoms with Gasteiger partial charge in [-0.3, -0.25) is 81.5 Å². The van der Waals surface area contributed by atoms with Crippen LogP contribution < -0.4 is 70.4 Å². The lowest BCUT2D eigenvalue weighted by atomic mass is 9.52. The lowest BCUT2D eigenvalue weighted by Gasteiger charge is -2.53. The number of aliphatic hydroxyl groups excluding tert-OH is 1. The summed E-state index contributed by atoms with van der Waals surface area (Å²) in [5.41, 5.74) is 17.7. The molecule has 40 nitrogen and oxygen atoms in total. The van der Waals surface area contributed by atoms with E-state index in [1.807, 2.05) is 12.1 Å². The molecule has 3 aliphatic carbocycles. The van der Waals surface area contributed by atoms with Gasteiger partial charge in [0.1, 0.15) is 36.3 Å². The third-order valence-electron chi connectivity index (χ3n) is 21.2. The van der Waals surface area contributed by atoms with Crippen LogP contribution in [0.1, 0.15) is 173 Å². The Bertz CT molecular complexity index is 4190. The van der Waals surface area contributed by atoms with Gasteiger partial charge in [-0.2, -0.15) is 19.2 Å². The predicted molar refractivity (Wildman–Crippen MR) is 410 cm³/mol. The molecule has 4 fully saturated rings. The standard InChI is InChI=1S/C76H106N14O22.2CO2/c1-7-8-13-20-75-21-24-76(25-22-75,26-23-75)74(111)88-53(31-44-35-80-49-18-12-10-15-45(44)49)71(108)86-51(33-58(79)95)55(92)29-41(4)67(104)89-63-43(6)112-73(110)64(65(102)46-16-9-11-17-48(46)78)90-69(106)47(39(2)30-61(98)99)32-57(94)54(38-91)85-60(97)36-81-68(105)42(5)83-66(103)40(3)28-56(93)52(34-62(100)101)87-70(107)50(19-14-27-77)84-59(96)37-82-72(63)109;2*2-1-3/h9-12,15-18,35,39-43,47,50-54,63-64,80,91H,7-8,13-14,19-34,36-38,77-78H2,1-6H3,(H2,79,95)(H,81,105)(H,82,109)(H,83,103)(H,84,96)(H,85,97)(H,86,108)(H,87,107)(H,88,111)(H,89,104)(H,90,106)(H,98,99)(H,100,101);;/t39-,40+,41-,42+,43-,47+,50+,51-,52+,53+,54-,63+,64+,75?,76?;;/m1../s1. The first-order valence-corrected chi connectivity index (χ1v) is 38.5. The summed E-state index contributed by atoms with van der Waals surface area (Å²) in [5.74, 6) is -26.8. The van der Waals surface area contributed by atoms with Crippen molar-refractivity contribution in [2.75, 3.05) is 32.0 Å². The molecular weight excluding hydrogens is 1550 g/mol. The van der Waals surface area contributed by atoms with Gasteiger partial charge in [-0.25, -0.2) is 4.79 Å². The minimum Gasteiger partial charge on any atom is -0.481 e. The van der Waals surface area contributed by atoms with Crippen LogP contribution in [0.5, 0.6) is 0 Å². The molecule has 1 aliphatic heterocycles. The van der Waals surface area contributed by atoms with E-state index in [4.69, 9.17) is 41.1 Å². The Morgan fingerprint density at radius 1 is 0.644 bits per heavy atom. The van der Waals surface area contributed by atoms with Gasteiger partial charge in [0.25, 0.3) is 0 Å². The molecular formula is C78H106N14O26. The second kappa shape index (κ2) is 47.7. The number of esters is 1. The number of H-pyrrole nitrogens is 1. The number of benzene rings is 2. The number of unbranched alkanes of at least 4 members (excludes halogenated alkanes) is 2. The first-order chi connectivity index (χ1) is 55.8. The van der Waals surface area contributed by atoms with E-state index >= 15 is 0 Å². The SMILES string of the molecule is CCCCCC12CCC(C(=O)N[C@@H](Cc3c[nH]c4ccccc34)C(=O)N[C@H](CC(N)=O)C(=O)C[C@@H](C)C(=O)N[C@@H]3C(=O)NCC(=O)N[C@@H](CCCN)C(=O)N[C@@H](CC(=O)O)C(=O)C[C@H](C)C(=O)N[C@@H](C)C(=O)NCC(=O)N[C@H](CO)C(=O)C[C@@H]([C@H](C)CC(=O)O)C(=O)N[C@@H](C(=O)c4ccccc4N)C(=O)O[C@@H]3C)(CC1)CC2.O=C=O.O=C=O. The van der Waals surface area contributed by atoms with Crippen LogP contribution in [0, 0.1) is 34.5 Å². The van der Waals surface area contributed by atoms with E-state index in [2.05, 4.69) is 65.1 Å². The molecule has 1 aromatic heterocycles. The van der Waals surface area contributed by atoms with Crippen LogP contribution in [0.3, 0.4) is 0 Å². The van der Waals surface area contributed by atoms with Gasteiger partial charge in [0.15, 0.2) is 29.2 Å². The van der Waals surface area contributed by atoms with E-state index in [9.17, 15) is 102 Å². The number of anilines is 1. The normalized spacial score (nSPS) is 24.4. The number of nitrogens with two attached hydrogens (primary N) is 3. The topological polar surface area (TPSA) is 660 Å². The Kier molecular flexibility index (Phi) is 39.6. The molecule has 7 rings (SSSR count). The number of carbonyl (C=O) groups excluding carboxylic acids is 20. The highest BCUT2D eigenvalue weighted by Crippen LogP contribution is 2.59. The molecule has 11 amide bonds. The van der Waals surface area contributed by atoms with Crippen molar-refractivity contribution in [3.63, 3.8) is 0 Å². The molecule has 2 heterocycles.